The molecule has 5 nitrogen and oxygen atoms in total. The normalized spacial score (nSPS) is 10.8. The van der Waals surface area contributed by atoms with E-state index in [0.29, 0.717) is 0 Å². The topological polar surface area (TPSA) is 85.2 Å². The number of aromatic hydroxyl groups is 1. The molecule has 0 unspecified atom stereocenters. The van der Waals surface area contributed by atoms with Gasteiger partial charge in [0, 0.05) is 11.6 Å². The molecule has 0 aliphatic carbocycles. The summed E-state index contributed by atoms with van der Waals surface area (Å²) in [6.45, 7) is 0. The first-order valence-electron chi connectivity index (χ1n) is 5.92. The zero-order valence-corrected chi connectivity index (χ0v) is 10.5. The zero-order chi connectivity index (χ0) is 15.0. The number of halogens is 2. The fraction of sp³-hybridized carbons (Fsp3) is 0. The number of nitrogens with two attached hydrogens (primary N) is 1. The second-order valence-electron chi connectivity index (χ2n) is 4.32. The van der Waals surface area contributed by atoms with Gasteiger partial charge < -0.3 is 15.4 Å². The first kappa shape index (κ1) is 13.0. The molecule has 0 saturated heterocycles. The molecule has 0 saturated carbocycles. The van der Waals surface area contributed by atoms with Crippen LogP contribution in [0.3, 0.4) is 0 Å². The Morgan fingerprint density at radius 1 is 1.10 bits per heavy atom. The number of nitrogen functional groups attached to an aromatic ring is 1. The molecule has 2 aromatic carbocycles. The molecule has 3 N–H and O–H groups in total. The second-order valence-corrected chi connectivity index (χ2v) is 4.32. The SMILES string of the molecule is Nc1cccc(-c2nc(-c3cc(F)cc(F)c3)no2)c1O. The van der Waals surface area contributed by atoms with Crippen LogP contribution in [-0.4, -0.2) is 15.2 Å². The van der Waals surface area contributed by atoms with Gasteiger partial charge in [-0.05, 0) is 24.3 Å². The first-order valence-corrected chi connectivity index (χ1v) is 5.92. The summed E-state index contributed by atoms with van der Waals surface area (Å²) in [5, 5.41) is 13.5. The largest absolute Gasteiger partial charge is 0.505 e. The van der Waals surface area contributed by atoms with Crippen LogP contribution in [0.5, 0.6) is 5.75 Å². The molecule has 3 aromatic rings. The maximum atomic E-state index is 13.2. The summed E-state index contributed by atoms with van der Waals surface area (Å²) < 4.78 is 31.4. The number of aromatic nitrogens is 2. The highest BCUT2D eigenvalue weighted by atomic mass is 19.1. The van der Waals surface area contributed by atoms with E-state index in [1.807, 2.05) is 0 Å². The number of nitrogens with zero attached hydrogens (tertiary/aromatic N) is 2. The van der Waals surface area contributed by atoms with Gasteiger partial charge in [0.15, 0.2) is 5.75 Å². The first-order chi connectivity index (χ1) is 10.0. The van der Waals surface area contributed by atoms with E-state index in [0.717, 1.165) is 18.2 Å². The number of phenols is 1. The summed E-state index contributed by atoms with van der Waals surface area (Å²) in [5.74, 6) is -1.69. The van der Waals surface area contributed by atoms with Crippen LogP contribution in [0.1, 0.15) is 0 Å². The van der Waals surface area contributed by atoms with E-state index in [-0.39, 0.29) is 34.3 Å². The third-order valence-corrected chi connectivity index (χ3v) is 2.84. The summed E-state index contributed by atoms with van der Waals surface area (Å²) >= 11 is 0. The Morgan fingerprint density at radius 2 is 1.81 bits per heavy atom. The number of para-hydroxylation sites is 1. The van der Waals surface area contributed by atoms with Crippen molar-refractivity contribution in [3.63, 3.8) is 0 Å². The minimum Gasteiger partial charge on any atom is -0.505 e. The Bertz CT molecular complexity index is 797. The van der Waals surface area contributed by atoms with Gasteiger partial charge in [-0.15, -0.1) is 0 Å². The fourth-order valence-electron chi connectivity index (χ4n) is 1.87. The lowest BCUT2D eigenvalue weighted by Crippen LogP contribution is -1.88. The van der Waals surface area contributed by atoms with Crippen LogP contribution in [-0.2, 0) is 0 Å². The zero-order valence-electron chi connectivity index (χ0n) is 10.5. The summed E-state index contributed by atoms with van der Waals surface area (Å²) in [4.78, 5) is 4.01. The quantitative estimate of drug-likeness (QED) is 0.559. The summed E-state index contributed by atoms with van der Waals surface area (Å²) in [7, 11) is 0. The number of anilines is 1. The molecule has 0 atom stereocenters. The molecule has 106 valence electrons. The van der Waals surface area contributed by atoms with E-state index < -0.39 is 11.6 Å². The summed E-state index contributed by atoms with van der Waals surface area (Å²) in [6.07, 6.45) is 0. The maximum absolute atomic E-state index is 13.2. The average Bonchev–Trinajstić information content (AvgIpc) is 2.90. The van der Waals surface area contributed by atoms with Crippen LogP contribution in [0.25, 0.3) is 22.8 Å². The van der Waals surface area contributed by atoms with Gasteiger partial charge in [-0.25, -0.2) is 8.78 Å². The Labute approximate surface area is 117 Å². The minimum atomic E-state index is -0.747. The van der Waals surface area contributed by atoms with Crippen molar-refractivity contribution in [3.05, 3.63) is 48.0 Å². The van der Waals surface area contributed by atoms with Crippen molar-refractivity contribution in [2.45, 2.75) is 0 Å². The van der Waals surface area contributed by atoms with Crippen molar-refractivity contribution in [3.8, 4) is 28.6 Å². The Balaban J connectivity index is 2.06. The van der Waals surface area contributed by atoms with Crippen molar-refractivity contribution < 1.29 is 18.4 Å². The molecule has 0 aliphatic rings. The second kappa shape index (κ2) is 4.86. The van der Waals surface area contributed by atoms with Gasteiger partial charge in [0.25, 0.3) is 5.89 Å². The highest BCUT2D eigenvalue weighted by Crippen LogP contribution is 2.33. The van der Waals surface area contributed by atoms with Crippen molar-refractivity contribution in [1.29, 1.82) is 0 Å². The molecular formula is C14H9F2N3O2. The smallest absolute Gasteiger partial charge is 0.262 e. The standard InChI is InChI=1S/C14H9F2N3O2/c15-8-4-7(5-9(16)6-8)13-18-14(21-19-13)10-2-1-3-11(17)12(10)20/h1-6,20H,17H2. The van der Waals surface area contributed by atoms with E-state index in [1.165, 1.54) is 12.1 Å². The molecule has 7 heteroatoms. The van der Waals surface area contributed by atoms with Crippen LogP contribution >= 0.6 is 0 Å². The van der Waals surface area contributed by atoms with Gasteiger partial charge in [0.2, 0.25) is 5.82 Å². The molecule has 0 fully saturated rings. The van der Waals surface area contributed by atoms with Crippen LogP contribution in [0.15, 0.2) is 40.9 Å². The number of hydrogen-bond acceptors (Lipinski definition) is 5. The molecule has 21 heavy (non-hydrogen) atoms. The molecule has 3 rings (SSSR count). The van der Waals surface area contributed by atoms with E-state index in [1.54, 1.807) is 6.07 Å². The third-order valence-electron chi connectivity index (χ3n) is 2.84. The van der Waals surface area contributed by atoms with Crippen molar-refractivity contribution >= 4 is 5.69 Å². The van der Waals surface area contributed by atoms with Crippen LogP contribution in [0.4, 0.5) is 14.5 Å². The average molecular weight is 289 g/mol. The molecule has 0 bridgehead atoms. The minimum absolute atomic E-state index is 0.000491. The van der Waals surface area contributed by atoms with E-state index in [9.17, 15) is 13.9 Å². The van der Waals surface area contributed by atoms with Crippen molar-refractivity contribution in [2.24, 2.45) is 0 Å². The van der Waals surface area contributed by atoms with Gasteiger partial charge >= 0.3 is 0 Å². The summed E-state index contributed by atoms with van der Waals surface area (Å²) in [5.41, 5.74) is 6.10. The highest BCUT2D eigenvalue weighted by Gasteiger charge is 2.16. The van der Waals surface area contributed by atoms with Crippen molar-refractivity contribution in [1.82, 2.24) is 10.1 Å². The van der Waals surface area contributed by atoms with Gasteiger partial charge in [0.1, 0.15) is 11.6 Å². The fourth-order valence-corrected chi connectivity index (χ4v) is 1.87. The Morgan fingerprint density at radius 3 is 2.52 bits per heavy atom. The van der Waals surface area contributed by atoms with Crippen molar-refractivity contribution in [2.75, 3.05) is 5.73 Å². The molecule has 0 spiro atoms. The van der Waals surface area contributed by atoms with E-state index >= 15 is 0 Å². The number of phenolic OH excluding ortho intramolecular Hbond substituents is 1. The number of rotatable bonds is 2. The third kappa shape index (κ3) is 2.40. The van der Waals surface area contributed by atoms with Crippen LogP contribution < -0.4 is 5.73 Å². The highest BCUT2D eigenvalue weighted by molar-refractivity contribution is 5.72. The monoisotopic (exact) mass is 289 g/mol. The van der Waals surface area contributed by atoms with E-state index in [2.05, 4.69) is 10.1 Å². The number of hydrogen-bond donors (Lipinski definition) is 2. The maximum Gasteiger partial charge on any atom is 0.262 e. The Kier molecular flexibility index (Phi) is 3.02. The molecule has 0 amide bonds. The lowest BCUT2D eigenvalue weighted by Gasteiger charge is -2.01. The molecule has 0 aliphatic heterocycles. The Hall–Kier alpha value is -2.96. The molecule has 1 heterocycles. The molecule has 1 aromatic heterocycles. The van der Waals surface area contributed by atoms with Gasteiger partial charge in [0.05, 0.1) is 11.3 Å². The molecule has 0 radical (unpaired) electrons. The lowest BCUT2D eigenvalue weighted by atomic mass is 10.1. The summed E-state index contributed by atoms with van der Waals surface area (Å²) in [6, 6.07) is 7.56. The van der Waals surface area contributed by atoms with Gasteiger partial charge in [-0.2, -0.15) is 4.98 Å². The number of benzene rings is 2. The lowest BCUT2D eigenvalue weighted by molar-refractivity contribution is 0.426. The van der Waals surface area contributed by atoms with E-state index in [4.69, 9.17) is 10.3 Å². The van der Waals surface area contributed by atoms with Crippen LogP contribution in [0.2, 0.25) is 0 Å². The molecular weight excluding hydrogens is 280 g/mol. The van der Waals surface area contributed by atoms with Crippen LogP contribution in [0, 0.1) is 11.6 Å². The van der Waals surface area contributed by atoms with Gasteiger partial charge in [-0.3, -0.25) is 0 Å². The predicted octanol–water partition coefficient (Wildman–Crippen LogP) is 2.97. The van der Waals surface area contributed by atoms with Gasteiger partial charge in [-0.1, -0.05) is 11.2 Å². The predicted molar refractivity (Wildman–Crippen MR) is 71.2 cm³/mol.